The average molecular weight is 645 g/mol. The van der Waals surface area contributed by atoms with Gasteiger partial charge in [0.05, 0.1) is 12.5 Å². The zero-order valence-corrected chi connectivity index (χ0v) is 25.1. The standard InChI is InChI=1S/C33H40O13/c34-11-3-1-2-4-21-18(7-10-22(21)36)12-28(39)43-16-27-30(40)31(41)32(42)33(46-27)44-20-13-23(37)29-24(38)15-25(45-26(29)14-20)17-5-8-19(35)9-6-17/h1-2,5-6,8-9,13-14,18,21-22,25,27,30-37,40-42H,3-4,7,10-12,15-16H2/b2-1-/t18-,21-,22+,25?,27?,30?,31?,32?,33?/m0/s1. The SMILES string of the molecule is O=C(C[C@@H]1CC[C@@H](O)[C@H]1C/C=C\CCO)OCC1OC(Oc2cc(O)c3c(c2)OC(c2ccc(O)cc2)CC3=O)C(O)C(O)C1O. The third-order valence-electron chi connectivity index (χ3n) is 8.80. The second kappa shape index (κ2) is 14.8. The van der Waals surface area contributed by atoms with Crippen molar-refractivity contribution in [2.24, 2.45) is 11.8 Å². The van der Waals surface area contributed by atoms with Crippen molar-refractivity contribution >= 4 is 11.8 Å². The number of fused-ring (bicyclic) bond motifs is 1. The van der Waals surface area contributed by atoms with E-state index in [-0.39, 0.29) is 59.9 Å². The fourth-order valence-electron chi connectivity index (χ4n) is 6.27. The summed E-state index contributed by atoms with van der Waals surface area (Å²) in [5.41, 5.74) is 0.573. The first-order valence-corrected chi connectivity index (χ1v) is 15.4. The van der Waals surface area contributed by atoms with Gasteiger partial charge in [0.15, 0.2) is 5.78 Å². The highest BCUT2D eigenvalue weighted by molar-refractivity contribution is 6.02. The van der Waals surface area contributed by atoms with E-state index in [2.05, 4.69) is 0 Å². The Balaban J connectivity index is 1.21. The number of aliphatic hydroxyl groups is 5. The van der Waals surface area contributed by atoms with E-state index >= 15 is 0 Å². The molecule has 2 aromatic carbocycles. The van der Waals surface area contributed by atoms with Crippen LogP contribution in [0.5, 0.6) is 23.0 Å². The smallest absolute Gasteiger partial charge is 0.306 e. The van der Waals surface area contributed by atoms with Crippen molar-refractivity contribution in [2.75, 3.05) is 13.2 Å². The monoisotopic (exact) mass is 644 g/mol. The molecule has 6 unspecified atom stereocenters. The van der Waals surface area contributed by atoms with Crippen LogP contribution in [0, 0.1) is 11.8 Å². The lowest BCUT2D eigenvalue weighted by atomic mass is 9.89. The van der Waals surface area contributed by atoms with Crippen molar-refractivity contribution < 1.29 is 64.3 Å². The molecule has 0 bridgehead atoms. The molecule has 0 radical (unpaired) electrons. The highest BCUT2D eigenvalue weighted by atomic mass is 16.7. The number of ether oxygens (including phenoxy) is 4. The number of allylic oxidation sites excluding steroid dienone is 1. The van der Waals surface area contributed by atoms with Crippen LogP contribution >= 0.6 is 0 Å². The van der Waals surface area contributed by atoms with Crippen molar-refractivity contribution in [1.29, 1.82) is 0 Å². The third kappa shape index (κ3) is 7.63. The molecular formula is C33H40O13. The van der Waals surface area contributed by atoms with Gasteiger partial charge in [-0.3, -0.25) is 9.59 Å². The number of carbonyl (C=O) groups excluding carboxylic acids is 2. The molecule has 46 heavy (non-hydrogen) atoms. The van der Waals surface area contributed by atoms with E-state index in [0.717, 1.165) is 6.07 Å². The number of benzene rings is 2. The van der Waals surface area contributed by atoms with E-state index in [1.165, 1.54) is 18.2 Å². The molecule has 13 heteroatoms. The summed E-state index contributed by atoms with van der Waals surface area (Å²) in [6.07, 6.45) is -3.24. The zero-order valence-electron chi connectivity index (χ0n) is 25.1. The minimum Gasteiger partial charge on any atom is -0.508 e. The molecule has 0 amide bonds. The van der Waals surface area contributed by atoms with E-state index < -0.39 is 61.2 Å². The predicted molar refractivity (Wildman–Crippen MR) is 159 cm³/mol. The largest absolute Gasteiger partial charge is 0.508 e. The molecule has 2 fully saturated rings. The molecule has 7 N–H and O–H groups in total. The minimum absolute atomic E-state index is 0.0138. The molecule has 1 aliphatic carbocycles. The van der Waals surface area contributed by atoms with Crippen LogP contribution in [0.1, 0.15) is 60.6 Å². The van der Waals surface area contributed by atoms with Crippen molar-refractivity contribution in [3.8, 4) is 23.0 Å². The number of ketones is 1. The molecule has 250 valence electrons. The number of esters is 1. The Labute approximate surface area is 265 Å². The fraction of sp³-hybridized carbons (Fsp3) is 0.515. The van der Waals surface area contributed by atoms with E-state index in [1.807, 2.05) is 12.2 Å². The Morgan fingerprint density at radius 1 is 0.978 bits per heavy atom. The summed E-state index contributed by atoms with van der Waals surface area (Å²) in [6, 6.07) is 8.60. The minimum atomic E-state index is -1.73. The second-order valence-electron chi connectivity index (χ2n) is 11.9. The molecular weight excluding hydrogens is 604 g/mol. The van der Waals surface area contributed by atoms with Crippen LogP contribution in [-0.2, 0) is 14.3 Å². The van der Waals surface area contributed by atoms with Crippen LogP contribution in [0.3, 0.4) is 0 Å². The second-order valence-corrected chi connectivity index (χ2v) is 11.9. The van der Waals surface area contributed by atoms with Gasteiger partial charge in [-0.05, 0) is 55.2 Å². The normalized spacial score (nSPS) is 31.0. The lowest BCUT2D eigenvalue weighted by Crippen LogP contribution is -2.60. The first-order chi connectivity index (χ1) is 22.0. The number of carbonyl (C=O) groups is 2. The van der Waals surface area contributed by atoms with Gasteiger partial charge in [-0.1, -0.05) is 24.3 Å². The van der Waals surface area contributed by atoms with Gasteiger partial charge in [0.25, 0.3) is 0 Å². The zero-order chi connectivity index (χ0) is 33.0. The molecule has 2 heterocycles. The number of hydrogen-bond acceptors (Lipinski definition) is 13. The number of hydrogen-bond donors (Lipinski definition) is 7. The maximum absolute atomic E-state index is 12.9. The van der Waals surface area contributed by atoms with Crippen LogP contribution < -0.4 is 9.47 Å². The number of phenolic OH excluding ortho intramolecular Hbond substituents is 2. The maximum Gasteiger partial charge on any atom is 0.306 e. The van der Waals surface area contributed by atoms with Gasteiger partial charge in [-0.25, -0.2) is 0 Å². The van der Waals surface area contributed by atoms with E-state index in [1.54, 1.807) is 12.1 Å². The third-order valence-corrected chi connectivity index (χ3v) is 8.80. The molecule has 0 spiro atoms. The Morgan fingerprint density at radius 3 is 2.48 bits per heavy atom. The summed E-state index contributed by atoms with van der Waals surface area (Å²) < 4.78 is 22.8. The first kappa shape index (κ1) is 33.6. The summed E-state index contributed by atoms with van der Waals surface area (Å²) in [5.74, 6) is -1.67. The number of aliphatic hydroxyl groups excluding tert-OH is 5. The lowest BCUT2D eigenvalue weighted by molar-refractivity contribution is -0.278. The maximum atomic E-state index is 12.9. The Hall–Kier alpha value is -3.72. The molecule has 2 aliphatic heterocycles. The summed E-state index contributed by atoms with van der Waals surface area (Å²) in [5, 5.41) is 71.2. The fourth-order valence-corrected chi connectivity index (χ4v) is 6.27. The van der Waals surface area contributed by atoms with Gasteiger partial charge in [-0.2, -0.15) is 0 Å². The summed E-state index contributed by atoms with van der Waals surface area (Å²) in [6.45, 7) is -0.429. The van der Waals surface area contributed by atoms with Crippen molar-refractivity contribution in [3.63, 3.8) is 0 Å². The molecule has 5 rings (SSSR count). The van der Waals surface area contributed by atoms with E-state index in [0.29, 0.717) is 31.2 Å². The van der Waals surface area contributed by atoms with Crippen molar-refractivity contribution in [1.82, 2.24) is 0 Å². The van der Waals surface area contributed by atoms with Crippen LogP contribution in [0.4, 0.5) is 0 Å². The summed E-state index contributed by atoms with van der Waals surface area (Å²) in [7, 11) is 0. The molecule has 1 saturated carbocycles. The molecule has 1 saturated heterocycles. The topological polar surface area (TPSA) is 213 Å². The molecule has 13 nitrogen and oxygen atoms in total. The van der Waals surface area contributed by atoms with Gasteiger partial charge in [0, 0.05) is 25.2 Å². The van der Waals surface area contributed by atoms with Crippen molar-refractivity contribution in [2.45, 2.75) is 81.4 Å². The number of phenols is 2. The average Bonchev–Trinajstić information content (AvgIpc) is 3.36. The summed E-state index contributed by atoms with van der Waals surface area (Å²) in [4.78, 5) is 25.6. The van der Waals surface area contributed by atoms with Crippen molar-refractivity contribution in [3.05, 3.63) is 59.7 Å². The van der Waals surface area contributed by atoms with E-state index in [4.69, 9.17) is 24.1 Å². The lowest BCUT2D eigenvalue weighted by Gasteiger charge is -2.40. The Bertz CT molecular complexity index is 1390. The van der Waals surface area contributed by atoms with Gasteiger partial charge in [0.2, 0.25) is 6.29 Å². The van der Waals surface area contributed by atoms with Crippen LogP contribution in [0.25, 0.3) is 0 Å². The Morgan fingerprint density at radius 2 is 1.74 bits per heavy atom. The van der Waals surface area contributed by atoms with Gasteiger partial charge < -0.3 is 54.7 Å². The van der Waals surface area contributed by atoms with Gasteiger partial charge in [-0.15, -0.1) is 0 Å². The highest BCUT2D eigenvalue weighted by Gasteiger charge is 2.46. The Kier molecular flexibility index (Phi) is 10.8. The van der Waals surface area contributed by atoms with Gasteiger partial charge in [0.1, 0.15) is 65.7 Å². The molecule has 0 aromatic heterocycles. The number of Topliss-reactive ketones (excluding diaryl/α,β-unsaturated/α-hetero) is 1. The van der Waals surface area contributed by atoms with Crippen LogP contribution in [0.15, 0.2) is 48.6 Å². The first-order valence-electron chi connectivity index (χ1n) is 15.4. The molecule has 9 atom stereocenters. The number of rotatable bonds is 11. The summed E-state index contributed by atoms with van der Waals surface area (Å²) >= 11 is 0. The van der Waals surface area contributed by atoms with E-state index in [9.17, 15) is 40.2 Å². The van der Waals surface area contributed by atoms with Crippen LogP contribution in [0.2, 0.25) is 0 Å². The van der Waals surface area contributed by atoms with Gasteiger partial charge >= 0.3 is 5.97 Å². The molecule has 3 aliphatic rings. The quantitative estimate of drug-likeness (QED) is 0.137. The number of aromatic hydroxyl groups is 2. The van der Waals surface area contributed by atoms with Crippen LogP contribution in [-0.4, -0.2) is 97.5 Å². The molecule has 2 aromatic rings. The highest BCUT2D eigenvalue weighted by Crippen LogP contribution is 2.43. The predicted octanol–water partition coefficient (Wildman–Crippen LogP) is 1.64.